The van der Waals surface area contributed by atoms with Crippen molar-refractivity contribution in [3.8, 4) is 0 Å². The Kier molecular flexibility index (Phi) is 5.66. The number of nitrogens with two attached hydrogens (primary N) is 1. The summed E-state index contributed by atoms with van der Waals surface area (Å²) in [6, 6.07) is 0.494. The lowest BCUT2D eigenvalue weighted by Gasteiger charge is -2.35. The van der Waals surface area contributed by atoms with Crippen molar-refractivity contribution in [3.63, 3.8) is 0 Å². The average molecular weight is 211 g/mol. The second-order valence-corrected chi connectivity index (χ2v) is 5.43. The van der Waals surface area contributed by atoms with Crippen LogP contribution in [0.4, 0.5) is 0 Å². The summed E-state index contributed by atoms with van der Waals surface area (Å²) in [5, 5.41) is 0. The highest BCUT2D eigenvalue weighted by Gasteiger charge is 2.28. The molecule has 90 valence electrons. The first-order valence-corrected chi connectivity index (χ1v) is 6.96. The molecule has 0 aromatic rings. The van der Waals surface area contributed by atoms with Gasteiger partial charge in [0.25, 0.3) is 0 Å². The molecule has 0 amide bonds. The first-order valence-electron chi connectivity index (χ1n) is 6.96. The van der Waals surface area contributed by atoms with Crippen molar-refractivity contribution in [2.75, 3.05) is 0 Å². The van der Waals surface area contributed by atoms with E-state index in [0.29, 0.717) is 6.04 Å². The highest BCUT2D eigenvalue weighted by molar-refractivity contribution is 4.83. The zero-order chi connectivity index (χ0) is 11.3. The van der Waals surface area contributed by atoms with Gasteiger partial charge in [-0.25, -0.2) is 0 Å². The molecule has 0 spiro atoms. The van der Waals surface area contributed by atoms with E-state index in [0.717, 1.165) is 17.8 Å². The molecule has 2 N–H and O–H groups in total. The topological polar surface area (TPSA) is 26.0 Å². The quantitative estimate of drug-likeness (QED) is 0.731. The largest absolute Gasteiger partial charge is 0.327 e. The smallest absolute Gasteiger partial charge is 0.00674 e. The summed E-state index contributed by atoms with van der Waals surface area (Å²) in [5.74, 6) is 2.69. The lowest BCUT2D eigenvalue weighted by atomic mass is 9.73. The molecule has 3 atom stereocenters. The Morgan fingerprint density at radius 3 is 2.33 bits per heavy atom. The molecule has 0 heterocycles. The SMILES string of the molecule is CCC(CC)CC1CC(CC)CCC1N. The predicted molar refractivity (Wildman–Crippen MR) is 67.8 cm³/mol. The Bertz CT molecular complexity index is 163. The number of rotatable bonds is 5. The lowest BCUT2D eigenvalue weighted by Crippen LogP contribution is -2.37. The van der Waals surface area contributed by atoms with Crippen molar-refractivity contribution in [1.82, 2.24) is 0 Å². The molecule has 1 aliphatic carbocycles. The molecule has 0 saturated heterocycles. The maximum Gasteiger partial charge on any atom is 0.00674 e. The summed E-state index contributed by atoms with van der Waals surface area (Å²) in [4.78, 5) is 0. The fourth-order valence-corrected chi connectivity index (χ4v) is 3.08. The van der Waals surface area contributed by atoms with Crippen molar-refractivity contribution in [2.24, 2.45) is 23.5 Å². The second-order valence-electron chi connectivity index (χ2n) is 5.43. The van der Waals surface area contributed by atoms with Crippen LogP contribution in [0.2, 0.25) is 0 Å². The number of hydrogen-bond donors (Lipinski definition) is 1. The van der Waals surface area contributed by atoms with Crippen molar-refractivity contribution in [1.29, 1.82) is 0 Å². The third-order valence-corrected chi connectivity index (χ3v) is 4.52. The third kappa shape index (κ3) is 3.79. The Balaban J connectivity index is 2.43. The molecule has 15 heavy (non-hydrogen) atoms. The van der Waals surface area contributed by atoms with Gasteiger partial charge in [-0.15, -0.1) is 0 Å². The lowest BCUT2D eigenvalue weighted by molar-refractivity contribution is 0.191. The van der Waals surface area contributed by atoms with Gasteiger partial charge in [-0.3, -0.25) is 0 Å². The van der Waals surface area contributed by atoms with Crippen LogP contribution in [-0.4, -0.2) is 6.04 Å². The summed E-state index contributed by atoms with van der Waals surface area (Å²) >= 11 is 0. The highest BCUT2D eigenvalue weighted by Crippen LogP contribution is 2.35. The van der Waals surface area contributed by atoms with Gasteiger partial charge in [0.1, 0.15) is 0 Å². The van der Waals surface area contributed by atoms with E-state index < -0.39 is 0 Å². The van der Waals surface area contributed by atoms with E-state index in [-0.39, 0.29) is 0 Å². The molecule has 1 nitrogen and oxygen atoms in total. The summed E-state index contributed by atoms with van der Waals surface area (Å²) in [7, 11) is 0. The van der Waals surface area contributed by atoms with Gasteiger partial charge in [-0.2, -0.15) is 0 Å². The monoisotopic (exact) mass is 211 g/mol. The Labute approximate surface area is 95.8 Å². The molecule has 1 heteroatoms. The molecular weight excluding hydrogens is 182 g/mol. The molecule has 3 unspecified atom stereocenters. The van der Waals surface area contributed by atoms with Crippen molar-refractivity contribution in [2.45, 2.75) is 71.8 Å². The van der Waals surface area contributed by atoms with Crippen molar-refractivity contribution >= 4 is 0 Å². The van der Waals surface area contributed by atoms with E-state index in [1.165, 1.54) is 44.9 Å². The Hall–Kier alpha value is -0.0400. The van der Waals surface area contributed by atoms with Crippen molar-refractivity contribution < 1.29 is 0 Å². The fraction of sp³-hybridized carbons (Fsp3) is 1.00. The minimum Gasteiger partial charge on any atom is -0.327 e. The first kappa shape index (κ1) is 13.0. The van der Waals surface area contributed by atoms with Gasteiger partial charge in [0.05, 0.1) is 0 Å². The molecule has 0 aromatic carbocycles. The van der Waals surface area contributed by atoms with Gasteiger partial charge >= 0.3 is 0 Å². The summed E-state index contributed by atoms with van der Waals surface area (Å²) in [6.07, 6.45) is 9.43. The molecule has 0 radical (unpaired) electrons. The van der Waals surface area contributed by atoms with Crippen LogP contribution in [0.1, 0.15) is 65.7 Å². The maximum atomic E-state index is 6.25. The zero-order valence-corrected chi connectivity index (χ0v) is 10.8. The van der Waals surface area contributed by atoms with Gasteiger partial charge < -0.3 is 5.73 Å². The van der Waals surface area contributed by atoms with Gasteiger partial charge in [-0.1, -0.05) is 40.0 Å². The molecule has 1 aliphatic rings. The molecule has 0 aromatic heterocycles. The normalized spacial score (nSPS) is 32.2. The standard InChI is InChI=1S/C14H29N/c1-4-11(5-2)9-13-10-12(6-3)7-8-14(13)15/h11-14H,4-10,15H2,1-3H3. The minimum absolute atomic E-state index is 0.494. The van der Waals surface area contributed by atoms with E-state index in [1.54, 1.807) is 0 Å². The fourth-order valence-electron chi connectivity index (χ4n) is 3.08. The molecule has 1 saturated carbocycles. The third-order valence-electron chi connectivity index (χ3n) is 4.52. The summed E-state index contributed by atoms with van der Waals surface area (Å²) in [5.41, 5.74) is 6.25. The van der Waals surface area contributed by atoms with Crippen LogP contribution >= 0.6 is 0 Å². The van der Waals surface area contributed by atoms with Gasteiger partial charge in [-0.05, 0) is 43.4 Å². The van der Waals surface area contributed by atoms with Crippen LogP contribution in [0, 0.1) is 17.8 Å². The van der Waals surface area contributed by atoms with E-state index in [9.17, 15) is 0 Å². The number of hydrogen-bond acceptors (Lipinski definition) is 1. The summed E-state index contributed by atoms with van der Waals surface area (Å²) < 4.78 is 0. The second kappa shape index (κ2) is 6.52. The van der Waals surface area contributed by atoms with Gasteiger partial charge in [0.15, 0.2) is 0 Å². The van der Waals surface area contributed by atoms with Crippen LogP contribution in [0.5, 0.6) is 0 Å². The maximum absolute atomic E-state index is 6.25. The predicted octanol–water partition coefficient (Wildman–Crippen LogP) is 3.97. The van der Waals surface area contributed by atoms with Gasteiger partial charge in [0, 0.05) is 6.04 Å². The minimum atomic E-state index is 0.494. The van der Waals surface area contributed by atoms with E-state index in [1.807, 2.05) is 0 Å². The summed E-state index contributed by atoms with van der Waals surface area (Å²) in [6.45, 7) is 6.97. The van der Waals surface area contributed by atoms with Gasteiger partial charge in [0.2, 0.25) is 0 Å². The molecule has 0 aliphatic heterocycles. The molecule has 0 bridgehead atoms. The average Bonchev–Trinajstić information content (AvgIpc) is 2.28. The van der Waals surface area contributed by atoms with Crippen LogP contribution in [-0.2, 0) is 0 Å². The van der Waals surface area contributed by atoms with Crippen molar-refractivity contribution in [3.05, 3.63) is 0 Å². The van der Waals surface area contributed by atoms with E-state index in [4.69, 9.17) is 5.73 Å². The van der Waals surface area contributed by atoms with Crippen LogP contribution < -0.4 is 5.73 Å². The zero-order valence-electron chi connectivity index (χ0n) is 10.8. The molecule has 1 fully saturated rings. The van der Waals surface area contributed by atoms with Crippen LogP contribution in [0.25, 0.3) is 0 Å². The van der Waals surface area contributed by atoms with E-state index in [2.05, 4.69) is 20.8 Å². The Morgan fingerprint density at radius 2 is 1.80 bits per heavy atom. The van der Waals surface area contributed by atoms with E-state index >= 15 is 0 Å². The highest BCUT2D eigenvalue weighted by atomic mass is 14.7. The van der Waals surface area contributed by atoms with Crippen LogP contribution in [0.3, 0.4) is 0 Å². The Morgan fingerprint density at radius 1 is 1.13 bits per heavy atom. The molecule has 1 rings (SSSR count). The molecular formula is C14H29N. The first-order chi connectivity index (χ1) is 7.21. The van der Waals surface area contributed by atoms with Crippen LogP contribution in [0.15, 0.2) is 0 Å².